The number of carbonyl (C=O) groups excluding carboxylic acids is 3. The molecule has 0 radical (unpaired) electrons. The van der Waals surface area contributed by atoms with Crippen molar-refractivity contribution >= 4 is 29.7 Å². The molecule has 11 nitrogen and oxygen atoms in total. The number of nitrogens with two attached hydrogens (primary N) is 1. The van der Waals surface area contributed by atoms with Crippen molar-refractivity contribution in [3.05, 3.63) is 0 Å². The van der Waals surface area contributed by atoms with Crippen molar-refractivity contribution in [1.82, 2.24) is 16.0 Å². The van der Waals surface area contributed by atoms with Gasteiger partial charge in [-0.2, -0.15) is 0 Å². The summed E-state index contributed by atoms with van der Waals surface area (Å²) in [6.45, 7) is 4.24. The van der Waals surface area contributed by atoms with Crippen molar-refractivity contribution in [1.29, 1.82) is 0 Å². The van der Waals surface area contributed by atoms with Crippen LogP contribution in [0.5, 0.6) is 0 Å². The zero-order chi connectivity index (χ0) is 20.4. The molecule has 7 N–H and O–H groups in total. The molecule has 0 rings (SSSR count). The number of aliphatic carboxylic acids is 2. The van der Waals surface area contributed by atoms with Crippen LogP contribution < -0.4 is 21.7 Å². The molecule has 148 valence electrons. The van der Waals surface area contributed by atoms with Gasteiger partial charge < -0.3 is 31.9 Å². The molecule has 0 aromatic rings. The largest absolute Gasteiger partial charge is 0.481 e. The van der Waals surface area contributed by atoms with Gasteiger partial charge in [-0.05, 0) is 19.3 Å². The van der Waals surface area contributed by atoms with Crippen LogP contribution in [0.4, 0.5) is 0 Å². The lowest BCUT2D eigenvalue weighted by Gasteiger charge is -2.25. The molecule has 0 aliphatic carbocycles. The van der Waals surface area contributed by atoms with Gasteiger partial charge in [0.15, 0.2) is 0 Å². The molecular formula is C15H26N4O7. The van der Waals surface area contributed by atoms with Crippen molar-refractivity contribution in [3.63, 3.8) is 0 Å². The Labute approximate surface area is 150 Å². The van der Waals surface area contributed by atoms with Crippen LogP contribution in [0.3, 0.4) is 0 Å². The predicted octanol–water partition coefficient (Wildman–Crippen LogP) is -1.98. The Morgan fingerprint density at radius 1 is 0.923 bits per heavy atom. The molecule has 0 aromatic carbocycles. The summed E-state index contributed by atoms with van der Waals surface area (Å²) in [6, 6.07) is -3.47. The van der Waals surface area contributed by atoms with E-state index in [1.807, 2.05) is 0 Å². The van der Waals surface area contributed by atoms with Crippen LogP contribution in [0.25, 0.3) is 0 Å². The lowest BCUT2D eigenvalue weighted by molar-refractivity contribution is -0.142. The summed E-state index contributed by atoms with van der Waals surface area (Å²) in [5, 5.41) is 24.6. The first-order valence-corrected chi connectivity index (χ1v) is 8.04. The van der Waals surface area contributed by atoms with Gasteiger partial charge in [0.25, 0.3) is 0 Å². The molecule has 3 amide bonds. The fourth-order valence-electron chi connectivity index (χ4n) is 1.94. The SMILES string of the molecule is CC(NC(=O)C(CCC(=O)O)NC(=O)C(NC(=O)CN)C(C)C)C(=O)O. The van der Waals surface area contributed by atoms with Crippen LogP contribution in [-0.4, -0.2) is 64.5 Å². The summed E-state index contributed by atoms with van der Waals surface area (Å²) in [5.74, 6) is -4.88. The van der Waals surface area contributed by atoms with Crippen LogP contribution >= 0.6 is 0 Å². The number of carboxylic acids is 2. The quantitative estimate of drug-likeness (QED) is 0.240. The minimum absolute atomic E-state index is 0.241. The monoisotopic (exact) mass is 374 g/mol. The maximum Gasteiger partial charge on any atom is 0.325 e. The fourth-order valence-corrected chi connectivity index (χ4v) is 1.94. The molecule has 3 atom stereocenters. The zero-order valence-corrected chi connectivity index (χ0v) is 14.9. The molecule has 3 unspecified atom stereocenters. The number of hydrogen-bond donors (Lipinski definition) is 6. The Kier molecular flexibility index (Phi) is 9.89. The predicted molar refractivity (Wildman–Crippen MR) is 89.9 cm³/mol. The number of nitrogens with one attached hydrogen (secondary N) is 3. The van der Waals surface area contributed by atoms with Crippen molar-refractivity contribution in [2.45, 2.75) is 51.7 Å². The van der Waals surface area contributed by atoms with Gasteiger partial charge in [0.05, 0.1) is 6.54 Å². The van der Waals surface area contributed by atoms with Crippen LogP contribution in [0.2, 0.25) is 0 Å². The van der Waals surface area contributed by atoms with Gasteiger partial charge in [0.2, 0.25) is 17.7 Å². The van der Waals surface area contributed by atoms with E-state index in [0.717, 1.165) is 0 Å². The lowest BCUT2D eigenvalue weighted by atomic mass is 10.0. The third-order valence-electron chi connectivity index (χ3n) is 3.46. The fraction of sp³-hybridized carbons (Fsp3) is 0.667. The Balaban J connectivity index is 5.20. The maximum atomic E-state index is 12.4. The highest BCUT2D eigenvalue weighted by atomic mass is 16.4. The summed E-state index contributed by atoms with van der Waals surface area (Å²) in [4.78, 5) is 57.6. The molecule has 0 aliphatic heterocycles. The van der Waals surface area contributed by atoms with Gasteiger partial charge in [-0.3, -0.25) is 24.0 Å². The summed E-state index contributed by atoms with van der Waals surface area (Å²) in [5.41, 5.74) is 5.21. The number of carbonyl (C=O) groups is 5. The maximum absolute atomic E-state index is 12.4. The summed E-state index contributed by atoms with van der Waals surface area (Å²) < 4.78 is 0. The standard InChI is InChI=1S/C15H26N4O7/c1-7(2)12(19-10(20)6-16)14(24)18-9(4-5-11(21)22)13(23)17-8(3)15(25)26/h7-9,12H,4-6,16H2,1-3H3,(H,17,23)(H,18,24)(H,19,20)(H,21,22)(H,25,26). The van der Waals surface area contributed by atoms with E-state index in [4.69, 9.17) is 15.9 Å². The van der Waals surface area contributed by atoms with E-state index in [2.05, 4.69) is 16.0 Å². The van der Waals surface area contributed by atoms with Crippen molar-refractivity contribution < 1.29 is 34.2 Å². The normalized spacial score (nSPS) is 14.0. The Hall–Kier alpha value is -2.69. The minimum atomic E-state index is -1.28. The molecule has 0 heterocycles. The summed E-state index contributed by atoms with van der Waals surface area (Å²) >= 11 is 0. The van der Waals surface area contributed by atoms with E-state index in [-0.39, 0.29) is 18.9 Å². The van der Waals surface area contributed by atoms with E-state index >= 15 is 0 Å². The smallest absolute Gasteiger partial charge is 0.325 e. The molecule has 11 heteroatoms. The summed E-state index contributed by atoms with van der Waals surface area (Å²) in [7, 11) is 0. The average molecular weight is 374 g/mol. The zero-order valence-electron chi connectivity index (χ0n) is 14.9. The van der Waals surface area contributed by atoms with Crippen molar-refractivity contribution in [3.8, 4) is 0 Å². The number of hydrogen-bond acceptors (Lipinski definition) is 6. The third kappa shape index (κ3) is 8.42. The van der Waals surface area contributed by atoms with Gasteiger partial charge in [-0.15, -0.1) is 0 Å². The molecule has 0 aromatic heterocycles. The van der Waals surface area contributed by atoms with Crippen LogP contribution in [0.15, 0.2) is 0 Å². The van der Waals surface area contributed by atoms with Gasteiger partial charge in [0, 0.05) is 6.42 Å². The van der Waals surface area contributed by atoms with E-state index < -0.39 is 54.2 Å². The highest BCUT2D eigenvalue weighted by Gasteiger charge is 2.30. The molecule has 26 heavy (non-hydrogen) atoms. The van der Waals surface area contributed by atoms with Gasteiger partial charge in [-0.25, -0.2) is 0 Å². The Morgan fingerprint density at radius 3 is 1.92 bits per heavy atom. The van der Waals surface area contributed by atoms with Gasteiger partial charge in [-0.1, -0.05) is 13.8 Å². The third-order valence-corrected chi connectivity index (χ3v) is 3.46. The first-order chi connectivity index (χ1) is 12.0. The second-order valence-electron chi connectivity index (χ2n) is 6.06. The van der Waals surface area contributed by atoms with Crippen molar-refractivity contribution in [2.24, 2.45) is 11.7 Å². The molecule has 0 saturated carbocycles. The minimum Gasteiger partial charge on any atom is -0.481 e. The second kappa shape index (κ2) is 11.0. The first-order valence-electron chi connectivity index (χ1n) is 8.04. The number of rotatable bonds is 11. The number of amides is 3. The molecule has 0 saturated heterocycles. The molecule has 0 spiro atoms. The highest BCUT2D eigenvalue weighted by Crippen LogP contribution is 2.05. The summed E-state index contributed by atoms with van der Waals surface area (Å²) in [6.07, 6.45) is -0.657. The molecular weight excluding hydrogens is 348 g/mol. The average Bonchev–Trinajstić information content (AvgIpc) is 2.54. The van der Waals surface area contributed by atoms with E-state index in [0.29, 0.717) is 0 Å². The second-order valence-corrected chi connectivity index (χ2v) is 6.06. The van der Waals surface area contributed by atoms with E-state index in [1.54, 1.807) is 13.8 Å². The van der Waals surface area contributed by atoms with Crippen LogP contribution in [-0.2, 0) is 24.0 Å². The highest BCUT2D eigenvalue weighted by molar-refractivity contribution is 5.93. The van der Waals surface area contributed by atoms with Gasteiger partial charge >= 0.3 is 11.9 Å². The lowest BCUT2D eigenvalue weighted by Crippen LogP contribution is -2.57. The van der Waals surface area contributed by atoms with E-state index in [9.17, 15) is 24.0 Å². The Bertz CT molecular complexity index is 550. The van der Waals surface area contributed by atoms with E-state index in [1.165, 1.54) is 6.92 Å². The van der Waals surface area contributed by atoms with Crippen LogP contribution in [0.1, 0.15) is 33.6 Å². The topological polar surface area (TPSA) is 188 Å². The molecule has 0 fully saturated rings. The van der Waals surface area contributed by atoms with Crippen LogP contribution in [0, 0.1) is 5.92 Å². The number of carboxylic acid groups (broad SMARTS) is 2. The Morgan fingerprint density at radius 2 is 1.50 bits per heavy atom. The van der Waals surface area contributed by atoms with Crippen molar-refractivity contribution in [2.75, 3.05) is 6.54 Å². The van der Waals surface area contributed by atoms with Gasteiger partial charge in [0.1, 0.15) is 18.1 Å². The molecule has 0 aliphatic rings. The first kappa shape index (κ1) is 23.3. The molecule has 0 bridgehead atoms.